The van der Waals surface area contributed by atoms with Crippen LogP contribution in [0.4, 0.5) is 0 Å². The molecule has 24 heavy (non-hydrogen) atoms. The summed E-state index contributed by atoms with van der Waals surface area (Å²) >= 11 is 0. The van der Waals surface area contributed by atoms with Gasteiger partial charge in [0.1, 0.15) is 0 Å². The Bertz CT molecular complexity index is 332. The van der Waals surface area contributed by atoms with Crippen LogP contribution in [0.25, 0.3) is 0 Å². The van der Waals surface area contributed by atoms with Crippen molar-refractivity contribution in [1.29, 1.82) is 0 Å². The maximum atomic E-state index is 6.04. The first-order valence-electron chi connectivity index (χ1n) is 9.12. The summed E-state index contributed by atoms with van der Waals surface area (Å²) in [4.78, 5) is 0. The zero-order valence-corrected chi connectivity index (χ0v) is 18.8. The topological polar surface area (TPSA) is 36.9 Å². The quantitative estimate of drug-likeness (QED) is 0.403. The second-order valence-corrected chi connectivity index (χ2v) is 13.1. The Labute approximate surface area is 151 Å². The summed E-state index contributed by atoms with van der Waals surface area (Å²) in [5, 5.41) is 0.140. The van der Waals surface area contributed by atoms with Gasteiger partial charge >= 0.3 is 17.1 Å². The molecule has 0 aliphatic rings. The highest BCUT2D eigenvalue weighted by atomic mass is 28.4. The Morgan fingerprint density at radius 1 is 0.667 bits per heavy atom. The van der Waals surface area contributed by atoms with Crippen molar-refractivity contribution in [2.45, 2.75) is 64.5 Å². The van der Waals surface area contributed by atoms with Gasteiger partial charge in [-0.3, -0.25) is 0 Å². The van der Waals surface area contributed by atoms with E-state index in [1.165, 1.54) is 0 Å². The summed E-state index contributed by atoms with van der Waals surface area (Å²) in [5.41, 5.74) is 4.37. The SMILES string of the molecule is CCCC=C[Si](OC)(OC)C(CCC)[Si](C=CCCC)(OC)OC. The van der Waals surface area contributed by atoms with Crippen molar-refractivity contribution in [3.8, 4) is 0 Å². The molecule has 0 aliphatic carbocycles. The van der Waals surface area contributed by atoms with E-state index in [1.807, 2.05) is 0 Å². The average molecular weight is 375 g/mol. The van der Waals surface area contributed by atoms with Gasteiger partial charge in [0.2, 0.25) is 0 Å². The molecule has 0 aromatic heterocycles. The summed E-state index contributed by atoms with van der Waals surface area (Å²) in [7, 11) is 1.86. The first-order chi connectivity index (χ1) is 11.6. The van der Waals surface area contributed by atoms with Crippen LogP contribution in [0.15, 0.2) is 23.6 Å². The molecule has 0 saturated carbocycles. The molecule has 0 heterocycles. The summed E-state index contributed by atoms with van der Waals surface area (Å²) in [6.45, 7) is 6.54. The second kappa shape index (κ2) is 13.0. The van der Waals surface area contributed by atoms with E-state index in [2.05, 4.69) is 44.3 Å². The number of hydrogen-bond acceptors (Lipinski definition) is 4. The van der Waals surface area contributed by atoms with Gasteiger partial charge in [0.25, 0.3) is 0 Å². The zero-order chi connectivity index (χ0) is 18.5. The molecule has 0 aromatic carbocycles. The monoisotopic (exact) mass is 374 g/mol. The number of hydrogen-bond donors (Lipinski definition) is 0. The van der Waals surface area contributed by atoms with E-state index in [0.29, 0.717) is 0 Å². The van der Waals surface area contributed by atoms with Crippen LogP contribution >= 0.6 is 0 Å². The minimum Gasteiger partial charge on any atom is -0.395 e. The highest BCUT2D eigenvalue weighted by Crippen LogP contribution is 2.39. The van der Waals surface area contributed by atoms with Crippen molar-refractivity contribution in [2.24, 2.45) is 0 Å². The molecule has 0 rings (SSSR count). The number of unbranched alkanes of at least 4 members (excludes halogenated alkanes) is 2. The van der Waals surface area contributed by atoms with Crippen LogP contribution in [0, 0.1) is 0 Å². The minimum absolute atomic E-state index is 0.140. The highest BCUT2D eigenvalue weighted by Gasteiger charge is 2.56. The molecule has 0 fully saturated rings. The van der Waals surface area contributed by atoms with Gasteiger partial charge < -0.3 is 17.7 Å². The van der Waals surface area contributed by atoms with Crippen molar-refractivity contribution < 1.29 is 17.7 Å². The van der Waals surface area contributed by atoms with Gasteiger partial charge in [-0.25, -0.2) is 0 Å². The van der Waals surface area contributed by atoms with E-state index in [1.54, 1.807) is 28.4 Å². The van der Waals surface area contributed by atoms with E-state index in [-0.39, 0.29) is 5.16 Å². The first kappa shape index (κ1) is 23.8. The third-order valence-electron chi connectivity index (χ3n) is 4.44. The molecule has 0 radical (unpaired) electrons. The van der Waals surface area contributed by atoms with Crippen LogP contribution in [-0.4, -0.2) is 45.6 Å². The van der Waals surface area contributed by atoms with Gasteiger partial charge in [-0.1, -0.05) is 52.2 Å². The third kappa shape index (κ3) is 6.24. The van der Waals surface area contributed by atoms with Crippen molar-refractivity contribution in [2.75, 3.05) is 28.4 Å². The van der Waals surface area contributed by atoms with Crippen LogP contribution in [-0.2, 0) is 17.7 Å². The van der Waals surface area contributed by atoms with Gasteiger partial charge in [-0.15, -0.1) is 0 Å². The molecule has 0 spiro atoms. The maximum absolute atomic E-state index is 6.04. The van der Waals surface area contributed by atoms with Crippen molar-refractivity contribution in [3.63, 3.8) is 0 Å². The summed E-state index contributed by atoms with van der Waals surface area (Å²) in [6.07, 6.45) is 10.7. The molecule has 6 heteroatoms. The zero-order valence-electron chi connectivity index (χ0n) is 16.8. The molecule has 0 aliphatic heterocycles. The predicted octanol–water partition coefficient (Wildman–Crippen LogP) is 4.96. The Kier molecular flexibility index (Phi) is 12.9. The van der Waals surface area contributed by atoms with Crippen LogP contribution in [0.3, 0.4) is 0 Å². The van der Waals surface area contributed by atoms with Crippen molar-refractivity contribution >= 4 is 17.1 Å². The largest absolute Gasteiger partial charge is 0.395 e. The fourth-order valence-electron chi connectivity index (χ4n) is 3.04. The third-order valence-corrected chi connectivity index (χ3v) is 13.3. The average Bonchev–Trinajstić information content (AvgIpc) is 2.62. The van der Waals surface area contributed by atoms with E-state index in [9.17, 15) is 0 Å². The molecular formula is C18H38O4Si2. The lowest BCUT2D eigenvalue weighted by atomic mass is 10.3. The van der Waals surface area contributed by atoms with Gasteiger partial charge in [0.15, 0.2) is 0 Å². The Hall–Kier alpha value is -0.246. The van der Waals surface area contributed by atoms with Crippen molar-refractivity contribution in [3.05, 3.63) is 23.6 Å². The summed E-state index contributed by atoms with van der Waals surface area (Å²) in [6, 6.07) is 0. The van der Waals surface area contributed by atoms with Crippen LogP contribution in [0.1, 0.15) is 59.3 Å². The van der Waals surface area contributed by atoms with Crippen LogP contribution < -0.4 is 0 Å². The molecule has 4 nitrogen and oxygen atoms in total. The lowest BCUT2D eigenvalue weighted by Gasteiger charge is -2.40. The highest BCUT2D eigenvalue weighted by molar-refractivity contribution is 6.92. The molecule has 0 aromatic rings. The van der Waals surface area contributed by atoms with Gasteiger partial charge in [-0.2, -0.15) is 0 Å². The molecular weight excluding hydrogens is 336 g/mol. The summed E-state index contributed by atoms with van der Waals surface area (Å²) < 4.78 is 24.1. The molecule has 0 atom stereocenters. The molecule has 0 N–H and O–H groups in total. The van der Waals surface area contributed by atoms with Crippen LogP contribution in [0.5, 0.6) is 0 Å². The van der Waals surface area contributed by atoms with Gasteiger partial charge in [0, 0.05) is 28.4 Å². The van der Waals surface area contributed by atoms with Crippen LogP contribution in [0.2, 0.25) is 5.16 Å². The maximum Gasteiger partial charge on any atom is 0.369 e. The van der Waals surface area contributed by atoms with Crippen molar-refractivity contribution in [1.82, 2.24) is 0 Å². The number of allylic oxidation sites excluding steroid dienone is 2. The van der Waals surface area contributed by atoms with E-state index >= 15 is 0 Å². The lowest BCUT2D eigenvalue weighted by molar-refractivity contribution is 0.214. The molecule has 0 saturated heterocycles. The van der Waals surface area contributed by atoms with Gasteiger partial charge in [-0.05, 0) is 30.7 Å². The van der Waals surface area contributed by atoms with E-state index in [4.69, 9.17) is 17.7 Å². The Morgan fingerprint density at radius 3 is 1.29 bits per heavy atom. The normalized spacial score (nSPS) is 14.8. The van der Waals surface area contributed by atoms with E-state index < -0.39 is 17.1 Å². The fourth-order valence-corrected chi connectivity index (χ4v) is 12.1. The predicted molar refractivity (Wildman–Crippen MR) is 106 cm³/mol. The standard InChI is InChI=1S/C18H38O4Si2/c1-8-11-13-16-23(19-4,20-5)18(15-10-3)24(21-6,22-7)17-14-12-9-2/h13-14,16-18H,8-12,15H2,1-7H3. The molecule has 0 unspecified atom stereocenters. The van der Waals surface area contributed by atoms with E-state index in [0.717, 1.165) is 38.5 Å². The molecule has 0 bridgehead atoms. The Balaban J connectivity index is 5.94. The number of rotatable bonds is 14. The minimum atomic E-state index is -2.59. The second-order valence-electron chi connectivity index (χ2n) is 5.98. The summed E-state index contributed by atoms with van der Waals surface area (Å²) in [5.74, 6) is 0. The fraction of sp³-hybridized carbons (Fsp3) is 0.778. The molecule has 0 amide bonds. The first-order valence-corrected chi connectivity index (χ1v) is 13.1. The Morgan fingerprint density at radius 2 is 1.04 bits per heavy atom. The molecule has 142 valence electrons. The smallest absolute Gasteiger partial charge is 0.369 e. The van der Waals surface area contributed by atoms with Gasteiger partial charge in [0.05, 0.1) is 5.16 Å². The lowest BCUT2D eigenvalue weighted by Crippen LogP contribution is -2.58.